The van der Waals surface area contributed by atoms with E-state index in [1.807, 2.05) is 6.92 Å². The van der Waals surface area contributed by atoms with E-state index < -0.39 is 7.25 Å². The van der Waals surface area contributed by atoms with Gasteiger partial charge < -0.3 is 17.3 Å². The first kappa shape index (κ1) is 14.8. The van der Waals surface area contributed by atoms with Crippen LogP contribution in [0.3, 0.4) is 0 Å². The first-order valence-electron chi connectivity index (χ1n) is 3.87. The van der Waals surface area contributed by atoms with Crippen LogP contribution >= 0.6 is 0 Å². The van der Waals surface area contributed by atoms with Crippen LogP contribution in [0.25, 0.3) is 4.85 Å². The van der Waals surface area contributed by atoms with Crippen molar-refractivity contribution in [3.05, 3.63) is 4.85 Å². The molecule has 78 valence electrons. The third kappa shape index (κ3) is 53.1. The van der Waals surface area contributed by atoms with Gasteiger partial charge in [-0.25, -0.2) is 0 Å². The van der Waals surface area contributed by atoms with Crippen molar-refractivity contribution in [2.45, 2.75) is 27.7 Å². The Kier molecular flexibility index (Phi) is 6.64. The summed E-state index contributed by atoms with van der Waals surface area (Å²) < 4.78 is 39.0. The van der Waals surface area contributed by atoms with Gasteiger partial charge in [-0.05, 0) is 20.8 Å². The van der Waals surface area contributed by atoms with E-state index in [2.05, 4.69) is 31.7 Å². The molecule has 0 fully saturated rings. The molecule has 0 aliphatic heterocycles. The van der Waals surface area contributed by atoms with Crippen LogP contribution in [0.2, 0.25) is 0 Å². The van der Waals surface area contributed by atoms with Crippen molar-refractivity contribution in [1.82, 2.24) is 0 Å². The Morgan fingerprint density at radius 2 is 1.46 bits per heavy atom. The van der Waals surface area contributed by atoms with E-state index in [-0.39, 0.29) is 5.41 Å². The van der Waals surface area contributed by atoms with Crippen LogP contribution in [0.5, 0.6) is 0 Å². The van der Waals surface area contributed by atoms with Crippen LogP contribution in [0, 0.1) is 11.5 Å². The summed E-state index contributed by atoms with van der Waals surface area (Å²) >= 11 is 0. The smallest absolute Gasteiger partial charge is 0.418 e. The van der Waals surface area contributed by atoms with E-state index in [9.17, 15) is 17.3 Å². The third-order valence-electron chi connectivity index (χ3n) is 0.573. The zero-order chi connectivity index (χ0) is 11.1. The molecule has 0 rings (SSSR count). The van der Waals surface area contributed by atoms with Gasteiger partial charge in [0.25, 0.3) is 12.6 Å². The van der Waals surface area contributed by atoms with Gasteiger partial charge in [-0.15, -0.1) is 0 Å². The molecule has 1 nitrogen and oxygen atoms in total. The van der Waals surface area contributed by atoms with E-state index in [1.165, 1.54) is 0 Å². The van der Waals surface area contributed by atoms with Gasteiger partial charge >= 0.3 is 7.25 Å². The zero-order valence-corrected chi connectivity index (χ0v) is 8.24. The number of halogens is 4. The highest BCUT2D eigenvalue weighted by molar-refractivity contribution is 6.50. The molecule has 0 N–H and O–H groups in total. The second-order valence-corrected chi connectivity index (χ2v) is 3.33. The van der Waals surface area contributed by atoms with Gasteiger partial charge in [-0.1, -0.05) is 4.85 Å². The predicted molar refractivity (Wildman–Crippen MR) is 47.4 cm³/mol. The Bertz CT molecular complexity index is 177. The lowest BCUT2D eigenvalue weighted by molar-refractivity contribution is 0.368. The Labute approximate surface area is 76.1 Å². The van der Waals surface area contributed by atoms with Gasteiger partial charge in [-0.3, -0.25) is 0 Å². The van der Waals surface area contributed by atoms with Gasteiger partial charge in [0.15, 0.2) is 0 Å². The zero-order valence-electron chi connectivity index (χ0n) is 8.24. The van der Waals surface area contributed by atoms with Gasteiger partial charge in [0.2, 0.25) is 0 Å². The lowest BCUT2D eigenvalue weighted by Gasteiger charge is -1.97. The molecular formula is C7H14BF4N. The molecule has 0 aliphatic carbocycles. The minimum absolute atomic E-state index is 0.135. The molecule has 0 saturated heterocycles. The van der Waals surface area contributed by atoms with E-state index in [0.29, 0.717) is 0 Å². The Hall–Kier alpha value is -0.725. The van der Waals surface area contributed by atoms with Crippen LogP contribution < -0.4 is 0 Å². The lowest BCUT2D eigenvalue weighted by Crippen LogP contribution is -2.02. The summed E-state index contributed by atoms with van der Waals surface area (Å²) in [6.07, 6.45) is 0. The maximum atomic E-state index is 9.75. The van der Waals surface area contributed by atoms with Crippen LogP contribution in [0.4, 0.5) is 17.3 Å². The van der Waals surface area contributed by atoms with Crippen molar-refractivity contribution in [3.8, 4) is 6.07 Å². The van der Waals surface area contributed by atoms with Crippen LogP contribution in [-0.2, 0) is 0 Å². The molecule has 0 aromatic heterocycles. The maximum Gasteiger partial charge on any atom is 0.673 e. The molecule has 13 heavy (non-hydrogen) atoms. The highest BCUT2D eigenvalue weighted by Crippen LogP contribution is 2.09. The highest BCUT2D eigenvalue weighted by atomic mass is 19.5. The van der Waals surface area contributed by atoms with Crippen molar-refractivity contribution in [1.29, 1.82) is 0 Å². The first-order valence-corrected chi connectivity index (χ1v) is 3.87. The Balaban J connectivity index is 0. The summed E-state index contributed by atoms with van der Waals surface area (Å²) in [6.45, 7) is 9.13. The topological polar surface area (TPSA) is 4.36 Å². The Morgan fingerprint density at radius 1 is 1.15 bits per heavy atom. The summed E-state index contributed by atoms with van der Waals surface area (Å²) in [4.78, 5) is 3.99. The summed E-state index contributed by atoms with van der Waals surface area (Å²) in [6, 6.07) is 3.00. The van der Waals surface area contributed by atoms with E-state index in [4.69, 9.17) is 0 Å². The minimum Gasteiger partial charge on any atom is -0.418 e. The van der Waals surface area contributed by atoms with Crippen molar-refractivity contribution < 1.29 is 17.3 Å². The summed E-state index contributed by atoms with van der Waals surface area (Å²) in [5.41, 5.74) is 0.135. The summed E-state index contributed by atoms with van der Waals surface area (Å²) in [7, 11) is -6.00. The minimum atomic E-state index is -6.00. The fourth-order valence-corrected chi connectivity index (χ4v) is 0.316. The molecule has 0 atom stereocenters. The van der Waals surface area contributed by atoms with Crippen molar-refractivity contribution in [2.24, 2.45) is 5.41 Å². The van der Waals surface area contributed by atoms with E-state index in [1.54, 1.807) is 0 Å². The second-order valence-electron chi connectivity index (χ2n) is 3.33. The third-order valence-corrected chi connectivity index (χ3v) is 0.573. The van der Waals surface area contributed by atoms with Crippen LogP contribution in [0.15, 0.2) is 0 Å². The van der Waals surface area contributed by atoms with Crippen molar-refractivity contribution >= 4 is 7.25 Å². The highest BCUT2D eigenvalue weighted by Gasteiger charge is 2.20. The van der Waals surface area contributed by atoms with E-state index >= 15 is 0 Å². The van der Waals surface area contributed by atoms with Gasteiger partial charge in [0.05, 0.1) is 5.41 Å². The fourth-order valence-electron chi connectivity index (χ4n) is 0.316. The molecular weight excluding hydrogens is 185 g/mol. The fraction of sp³-hybridized carbons (Fsp3) is 0.857. The van der Waals surface area contributed by atoms with Crippen molar-refractivity contribution in [2.75, 3.05) is 6.54 Å². The molecule has 0 aliphatic rings. The molecule has 6 heteroatoms. The van der Waals surface area contributed by atoms with Crippen molar-refractivity contribution in [3.63, 3.8) is 0 Å². The molecule has 0 unspecified atom stereocenters. The standard InChI is InChI=1S/C7H14N.BF4/c1-5-8-6-7(2,3)4;2-1(3,4)5/h5H2,1-4H3;/q+1;-1. The van der Waals surface area contributed by atoms with Gasteiger partial charge in [-0.2, -0.15) is 0 Å². The average Bonchev–Trinajstić information content (AvgIpc) is 1.77. The first-order chi connectivity index (χ1) is 5.56. The average molecular weight is 199 g/mol. The predicted octanol–water partition coefficient (Wildman–Crippen LogP) is 3.69. The van der Waals surface area contributed by atoms with E-state index in [0.717, 1.165) is 6.54 Å². The molecule has 0 aromatic carbocycles. The number of hydrogen-bond acceptors (Lipinski definition) is 0. The summed E-state index contributed by atoms with van der Waals surface area (Å²) in [5, 5.41) is 0. The number of nitrogens with zero attached hydrogens (tertiary/aromatic N) is 1. The van der Waals surface area contributed by atoms with Gasteiger partial charge in [0, 0.05) is 6.92 Å². The molecule has 0 spiro atoms. The monoisotopic (exact) mass is 199 g/mol. The Morgan fingerprint density at radius 3 is 1.54 bits per heavy atom. The molecule has 0 bridgehead atoms. The molecule has 0 radical (unpaired) electrons. The largest absolute Gasteiger partial charge is 0.673 e. The number of rotatable bonds is 0. The molecule has 0 heterocycles. The normalized spacial score (nSPS) is 10.8. The lowest BCUT2D eigenvalue weighted by atomic mass is 10.00. The molecule has 0 saturated carbocycles. The van der Waals surface area contributed by atoms with Gasteiger partial charge in [0.1, 0.15) is 0 Å². The molecule has 0 aromatic rings. The van der Waals surface area contributed by atoms with Crippen LogP contribution in [-0.4, -0.2) is 13.8 Å². The SMILES string of the molecule is CC[N+]#CC(C)(C)C.F[B-](F)(F)F. The number of hydrogen-bond donors (Lipinski definition) is 0. The molecule has 0 amide bonds. The second kappa shape index (κ2) is 5.84. The maximum absolute atomic E-state index is 9.75. The quantitative estimate of drug-likeness (QED) is 0.414. The van der Waals surface area contributed by atoms with Crippen LogP contribution in [0.1, 0.15) is 27.7 Å². The summed E-state index contributed by atoms with van der Waals surface area (Å²) in [5.74, 6) is 0.